The van der Waals surface area contributed by atoms with Gasteiger partial charge in [-0.25, -0.2) is 0 Å². The largest absolute Gasteiger partial charge is 0.306 e. The fourth-order valence-electron chi connectivity index (χ4n) is 1.91. The summed E-state index contributed by atoms with van der Waals surface area (Å²) in [6, 6.07) is 7.13. The second-order valence-electron chi connectivity index (χ2n) is 3.91. The van der Waals surface area contributed by atoms with Gasteiger partial charge in [-0.05, 0) is 24.7 Å². The van der Waals surface area contributed by atoms with Crippen LogP contribution < -0.4 is 5.32 Å². The van der Waals surface area contributed by atoms with E-state index in [-0.39, 0.29) is 6.04 Å². The molecule has 1 heterocycles. The molecule has 0 saturated heterocycles. The molecule has 0 aliphatic heterocycles. The molecule has 102 valence electrons. The third-order valence-electron chi connectivity index (χ3n) is 2.69. The highest BCUT2D eigenvalue weighted by Gasteiger charge is 2.23. The molecule has 0 radical (unpaired) electrons. The van der Waals surface area contributed by atoms with Crippen molar-refractivity contribution in [3.63, 3.8) is 0 Å². The molecule has 0 saturated carbocycles. The van der Waals surface area contributed by atoms with Crippen LogP contribution in [0, 0.1) is 0 Å². The van der Waals surface area contributed by atoms with Crippen molar-refractivity contribution in [1.82, 2.24) is 5.32 Å². The predicted octanol–water partition coefficient (Wildman–Crippen LogP) is 6.06. The van der Waals surface area contributed by atoms with Crippen molar-refractivity contribution in [3.8, 4) is 0 Å². The molecule has 1 unspecified atom stereocenters. The molecule has 0 amide bonds. The molecule has 2 rings (SSSR count). The van der Waals surface area contributed by atoms with Gasteiger partial charge in [0.2, 0.25) is 0 Å². The maximum atomic E-state index is 6.27. The maximum Gasteiger partial charge on any atom is 0.0995 e. The summed E-state index contributed by atoms with van der Waals surface area (Å²) < 4.78 is 1.29. The Balaban J connectivity index is 2.54. The molecule has 2 aromatic rings. The Morgan fingerprint density at radius 1 is 1.16 bits per heavy atom. The number of rotatable bonds is 4. The molecule has 0 aliphatic rings. The monoisotopic (exact) mass is 353 g/mol. The summed E-state index contributed by atoms with van der Waals surface area (Å²) in [5.41, 5.74) is 1.72. The minimum absolute atomic E-state index is 0.164. The minimum atomic E-state index is -0.164. The Bertz CT molecular complexity index is 562. The lowest BCUT2D eigenvalue weighted by atomic mass is 10.0. The van der Waals surface area contributed by atoms with E-state index in [1.54, 1.807) is 0 Å². The zero-order chi connectivity index (χ0) is 14.0. The van der Waals surface area contributed by atoms with Gasteiger partial charge in [0.25, 0.3) is 0 Å². The molecule has 19 heavy (non-hydrogen) atoms. The quantitative estimate of drug-likeness (QED) is 0.703. The average molecular weight is 355 g/mol. The molecule has 1 nitrogen and oxygen atoms in total. The summed E-state index contributed by atoms with van der Waals surface area (Å²) >= 11 is 26.1. The van der Waals surface area contributed by atoms with Crippen molar-refractivity contribution in [1.29, 1.82) is 0 Å². The van der Waals surface area contributed by atoms with Gasteiger partial charge >= 0.3 is 0 Å². The fourth-order valence-corrected chi connectivity index (χ4v) is 4.06. The number of hydrogen-bond acceptors (Lipinski definition) is 2. The van der Waals surface area contributed by atoms with E-state index in [0.29, 0.717) is 18.7 Å². The van der Waals surface area contributed by atoms with Gasteiger partial charge in [-0.3, -0.25) is 0 Å². The van der Waals surface area contributed by atoms with Crippen LogP contribution in [0.5, 0.6) is 0 Å². The highest BCUT2D eigenvalue weighted by molar-refractivity contribution is 7.20. The van der Waals surface area contributed by atoms with Gasteiger partial charge < -0.3 is 5.32 Å². The highest BCUT2D eigenvalue weighted by atomic mass is 35.5. The number of halogens is 4. The SMILES string of the molecule is CCNC(c1cc(Cl)sc1Cl)c1c(Cl)cccc1Cl. The lowest BCUT2D eigenvalue weighted by Crippen LogP contribution is -2.22. The van der Waals surface area contributed by atoms with Gasteiger partial charge in [-0.2, -0.15) is 0 Å². The van der Waals surface area contributed by atoms with Crippen LogP contribution in [0.3, 0.4) is 0 Å². The van der Waals surface area contributed by atoms with Gasteiger partial charge in [0.1, 0.15) is 0 Å². The minimum Gasteiger partial charge on any atom is -0.306 e. The van der Waals surface area contributed by atoms with Crippen molar-refractivity contribution in [3.05, 3.63) is 54.1 Å². The standard InChI is InChI=1S/C13H11Cl4NS/c1-2-18-12(7-6-10(16)19-13(7)17)11-8(14)4-3-5-9(11)15/h3-6,12,18H,2H2,1H3. The molecule has 1 N–H and O–H groups in total. The van der Waals surface area contributed by atoms with Gasteiger partial charge in [-0.15, -0.1) is 11.3 Å². The molecule has 0 fully saturated rings. The average Bonchev–Trinajstić information content (AvgIpc) is 2.67. The van der Waals surface area contributed by atoms with Crippen LogP contribution in [0.1, 0.15) is 24.1 Å². The normalized spacial score (nSPS) is 12.7. The van der Waals surface area contributed by atoms with E-state index in [9.17, 15) is 0 Å². The van der Waals surface area contributed by atoms with Gasteiger partial charge in [0.05, 0.1) is 14.7 Å². The third-order valence-corrected chi connectivity index (χ3v) is 4.87. The zero-order valence-electron chi connectivity index (χ0n) is 10.0. The third kappa shape index (κ3) is 3.38. The van der Waals surface area contributed by atoms with E-state index >= 15 is 0 Å². The second kappa shape index (κ2) is 6.66. The first-order chi connectivity index (χ1) is 9.04. The summed E-state index contributed by atoms with van der Waals surface area (Å²) in [6.07, 6.45) is 0. The van der Waals surface area contributed by atoms with Crippen LogP contribution in [-0.2, 0) is 0 Å². The van der Waals surface area contributed by atoms with Crippen molar-refractivity contribution < 1.29 is 0 Å². The van der Waals surface area contributed by atoms with E-state index in [2.05, 4.69) is 5.32 Å². The Morgan fingerprint density at radius 3 is 2.26 bits per heavy atom. The number of benzene rings is 1. The first-order valence-electron chi connectivity index (χ1n) is 5.66. The Morgan fingerprint density at radius 2 is 1.79 bits per heavy atom. The molecule has 0 spiro atoms. The molecule has 1 atom stereocenters. The lowest BCUT2D eigenvalue weighted by molar-refractivity contribution is 0.633. The van der Waals surface area contributed by atoms with Crippen molar-refractivity contribution in [2.75, 3.05) is 6.54 Å². The van der Waals surface area contributed by atoms with Crippen LogP contribution in [0.2, 0.25) is 18.7 Å². The van der Waals surface area contributed by atoms with Gasteiger partial charge in [0.15, 0.2) is 0 Å². The summed E-state index contributed by atoms with van der Waals surface area (Å²) in [4.78, 5) is 0. The van der Waals surface area contributed by atoms with E-state index in [1.807, 2.05) is 31.2 Å². The van der Waals surface area contributed by atoms with E-state index < -0.39 is 0 Å². The first-order valence-corrected chi connectivity index (χ1v) is 7.99. The van der Waals surface area contributed by atoms with Crippen molar-refractivity contribution >= 4 is 57.7 Å². The van der Waals surface area contributed by atoms with Crippen LogP contribution in [0.25, 0.3) is 0 Å². The predicted molar refractivity (Wildman–Crippen MR) is 86.3 cm³/mol. The molecule has 1 aromatic carbocycles. The van der Waals surface area contributed by atoms with Crippen LogP contribution in [0.4, 0.5) is 0 Å². The Hall–Kier alpha value is 0.0400. The number of thiophene rings is 1. The van der Waals surface area contributed by atoms with E-state index in [4.69, 9.17) is 46.4 Å². The molecule has 0 aliphatic carbocycles. The molecule has 6 heteroatoms. The van der Waals surface area contributed by atoms with Crippen molar-refractivity contribution in [2.45, 2.75) is 13.0 Å². The number of hydrogen-bond donors (Lipinski definition) is 1. The molecular formula is C13H11Cl4NS. The van der Waals surface area contributed by atoms with Crippen LogP contribution in [-0.4, -0.2) is 6.54 Å². The van der Waals surface area contributed by atoms with Crippen LogP contribution in [0.15, 0.2) is 24.3 Å². The van der Waals surface area contributed by atoms with Crippen LogP contribution >= 0.6 is 57.7 Å². The fraction of sp³-hybridized carbons (Fsp3) is 0.231. The highest BCUT2D eigenvalue weighted by Crippen LogP contribution is 2.41. The lowest BCUT2D eigenvalue weighted by Gasteiger charge is -2.20. The number of nitrogens with one attached hydrogen (secondary N) is 1. The van der Waals surface area contributed by atoms with Gasteiger partial charge in [0, 0.05) is 21.2 Å². The Labute approximate surface area is 136 Å². The molecular weight excluding hydrogens is 344 g/mol. The maximum absolute atomic E-state index is 6.27. The summed E-state index contributed by atoms with van der Waals surface area (Å²) in [7, 11) is 0. The van der Waals surface area contributed by atoms with E-state index in [0.717, 1.165) is 17.7 Å². The summed E-state index contributed by atoms with van der Waals surface area (Å²) in [6.45, 7) is 2.77. The van der Waals surface area contributed by atoms with E-state index in [1.165, 1.54) is 11.3 Å². The smallest absolute Gasteiger partial charge is 0.0995 e. The molecule has 1 aromatic heterocycles. The second-order valence-corrected chi connectivity index (χ2v) is 7.01. The first kappa shape index (κ1) is 15.4. The zero-order valence-corrected chi connectivity index (χ0v) is 13.9. The van der Waals surface area contributed by atoms with Crippen molar-refractivity contribution in [2.24, 2.45) is 0 Å². The topological polar surface area (TPSA) is 12.0 Å². The summed E-state index contributed by atoms with van der Waals surface area (Å²) in [5.74, 6) is 0. The van der Waals surface area contributed by atoms with Gasteiger partial charge in [-0.1, -0.05) is 59.4 Å². The summed E-state index contributed by atoms with van der Waals surface area (Å²) in [5, 5.41) is 4.56. The Kier molecular flexibility index (Phi) is 5.41. The molecule has 0 bridgehead atoms.